The Morgan fingerprint density at radius 1 is 1.43 bits per heavy atom. The van der Waals surface area contributed by atoms with Gasteiger partial charge in [-0.2, -0.15) is 0 Å². The average Bonchev–Trinajstić information content (AvgIpc) is 1.77. The molecule has 0 spiro atoms. The van der Waals surface area contributed by atoms with Crippen molar-refractivity contribution in [3.8, 4) is 0 Å². The maximum Gasteiger partial charge on any atom is 0.492 e. The van der Waals surface area contributed by atoms with E-state index in [9.17, 15) is 17.7 Å². The summed E-state index contributed by atoms with van der Waals surface area (Å²) in [5.41, 5.74) is 0. The fourth-order valence-corrected chi connectivity index (χ4v) is 1.03. The molecule has 14 heavy (non-hydrogen) atoms. The van der Waals surface area contributed by atoms with Crippen molar-refractivity contribution in [2.45, 2.75) is 19.9 Å². The second-order valence-electron chi connectivity index (χ2n) is 3.63. The highest BCUT2D eigenvalue weighted by atomic mass is 19.4. The molecule has 0 fully saturated rings. The van der Waals surface area contributed by atoms with E-state index in [0.717, 1.165) is 4.90 Å². The molecule has 0 aliphatic carbocycles. The second kappa shape index (κ2) is 5.24. The van der Waals surface area contributed by atoms with Crippen LogP contribution < -0.4 is 5.32 Å². The smallest absolute Gasteiger partial charge is 0.448 e. The van der Waals surface area contributed by atoms with E-state index in [1.165, 1.54) is 7.05 Å². The average molecular weight is 211 g/mol. The predicted molar refractivity (Wildman–Crippen MR) is 49.9 cm³/mol. The molecule has 7 heteroatoms. The molecule has 84 valence electrons. The van der Waals surface area contributed by atoms with Gasteiger partial charge in [-0.15, -0.1) is 0 Å². The summed E-state index contributed by atoms with van der Waals surface area (Å²) in [6.45, 7) is -1.56. The number of likely N-dealkylation sites (N-methyl/N-ethyl adjacent to an activating group) is 1. The third-order valence-electron chi connectivity index (χ3n) is 1.38. The van der Waals surface area contributed by atoms with Crippen LogP contribution in [-0.4, -0.2) is 43.9 Å². The molecule has 0 saturated carbocycles. The molecule has 0 aromatic carbocycles. The van der Waals surface area contributed by atoms with Crippen molar-refractivity contribution < 1.29 is 17.7 Å². The van der Waals surface area contributed by atoms with E-state index in [-0.39, 0.29) is 18.5 Å². The standard InChI is InChI=1S/C7H15BF3N2O/c1-6(2)12-7(14)4-13(3)5-8(9,10)11/h6H,4-5H2,1-3H3,(H,12,14)/q-1. The molecular formula is C7H15BF3N2O-. The van der Waals surface area contributed by atoms with Crippen LogP contribution in [0.25, 0.3) is 0 Å². The van der Waals surface area contributed by atoms with Crippen LogP contribution >= 0.6 is 0 Å². The van der Waals surface area contributed by atoms with Gasteiger partial charge in [-0.05, 0) is 27.3 Å². The van der Waals surface area contributed by atoms with Crippen LogP contribution in [0.15, 0.2) is 0 Å². The highest BCUT2D eigenvalue weighted by Gasteiger charge is 2.25. The minimum absolute atomic E-state index is 0.0488. The maximum absolute atomic E-state index is 11.9. The number of rotatable bonds is 5. The Balaban J connectivity index is 3.83. The topological polar surface area (TPSA) is 32.3 Å². The lowest BCUT2D eigenvalue weighted by Gasteiger charge is -2.23. The van der Waals surface area contributed by atoms with Crippen LogP contribution in [0.5, 0.6) is 0 Å². The van der Waals surface area contributed by atoms with E-state index < -0.39 is 13.4 Å². The normalized spacial score (nSPS) is 12.3. The van der Waals surface area contributed by atoms with Gasteiger partial charge in [0.15, 0.2) is 0 Å². The highest BCUT2D eigenvalue weighted by molar-refractivity contribution is 6.58. The largest absolute Gasteiger partial charge is 0.492 e. The summed E-state index contributed by atoms with van der Waals surface area (Å²) in [6, 6.07) is -0.0488. The van der Waals surface area contributed by atoms with Gasteiger partial charge in [-0.25, -0.2) is 0 Å². The molecule has 0 rings (SSSR count). The van der Waals surface area contributed by atoms with E-state index in [0.29, 0.717) is 0 Å². The number of nitrogens with zero attached hydrogens (tertiary/aromatic N) is 1. The first-order chi connectivity index (χ1) is 6.20. The fraction of sp³-hybridized carbons (Fsp3) is 0.857. The van der Waals surface area contributed by atoms with Gasteiger partial charge in [0.05, 0.1) is 6.54 Å². The van der Waals surface area contributed by atoms with Gasteiger partial charge in [-0.1, -0.05) is 0 Å². The lowest BCUT2D eigenvalue weighted by atomic mass is 9.91. The summed E-state index contributed by atoms with van der Waals surface area (Å²) in [7, 11) is 1.27. The fourth-order valence-electron chi connectivity index (χ4n) is 1.03. The quantitative estimate of drug-likeness (QED) is 0.683. The van der Waals surface area contributed by atoms with Crippen LogP contribution in [0.1, 0.15) is 13.8 Å². The van der Waals surface area contributed by atoms with Gasteiger partial charge in [0.2, 0.25) is 5.91 Å². The minimum atomic E-state index is -4.85. The van der Waals surface area contributed by atoms with Crippen molar-refractivity contribution in [2.75, 3.05) is 20.0 Å². The number of nitrogens with one attached hydrogen (secondary N) is 1. The van der Waals surface area contributed by atoms with Gasteiger partial charge >= 0.3 is 6.98 Å². The third kappa shape index (κ3) is 7.91. The molecule has 0 unspecified atom stereocenters. The van der Waals surface area contributed by atoms with Gasteiger partial charge in [0, 0.05) is 6.04 Å². The van der Waals surface area contributed by atoms with E-state index >= 15 is 0 Å². The molecular weight excluding hydrogens is 196 g/mol. The van der Waals surface area contributed by atoms with Crippen molar-refractivity contribution in [2.24, 2.45) is 0 Å². The molecule has 0 aliphatic heterocycles. The van der Waals surface area contributed by atoms with E-state index in [1.54, 1.807) is 13.8 Å². The van der Waals surface area contributed by atoms with Crippen LogP contribution in [0.2, 0.25) is 0 Å². The first kappa shape index (κ1) is 13.3. The third-order valence-corrected chi connectivity index (χ3v) is 1.38. The Kier molecular flexibility index (Phi) is 4.97. The molecule has 0 atom stereocenters. The molecule has 0 aromatic rings. The van der Waals surface area contributed by atoms with Crippen LogP contribution in [0.4, 0.5) is 12.9 Å². The lowest BCUT2D eigenvalue weighted by molar-refractivity contribution is -0.122. The summed E-state index contributed by atoms with van der Waals surface area (Å²) in [5.74, 6) is -0.387. The number of halogens is 3. The van der Waals surface area contributed by atoms with Crippen LogP contribution in [0.3, 0.4) is 0 Å². The van der Waals surface area contributed by atoms with E-state index in [2.05, 4.69) is 5.32 Å². The summed E-state index contributed by atoms with van der Waals surface area (Å²) in [4.78, 5) is 12.0. The molecule has 0 aliphatic rings. The lowest BCUT2D eigenvalue weighted by Crippen LogP contribution is -2.43. The van der Waals surface area contributed by atoms with E-state index in [1.807, 2.05) is 0 Å². The number of hydrogen-bond donors (Lipinski definition) is 1. The van der Waals surface area contributed by atoms with Crippen molar-refractivity contribution in [3.63, 3.8) is 0 Å². The Morgan fingerprint density at radius 2 is 1.93 bits per heavy atom. The monoisotopic (exact) mass is 211 g/mol. The minimum Gasteiger partial charge on any atom is -0.448 e. The van der Waals surface area contributed by atoms with Crippen molar-refractivity contribution in [1.29, 1.82) is 0 Å². The van der Waals surface area contributed by atoms with Crippen molar-refractivity contribution >= 4 is 12.9 Å². The predicted octanol–water partition coefficient (Wildman–Crippen LogP) is 0.829. The molecule has 1 amide bonds. The van der Waals surface area contributed by atoms with Crippen molar-refractivity contribution in [1.82, 2.24) is 10.2 Å². The second-order valence-corrected chi connectivity index (χ2v) is 3.63. The van der Waals surface area contributed by atoms with Gasteiger partial charge in [0.1, 0.15) is 0 Å². The Bertz CT molecular complexity index is 196. The number of carbonyl (C=O) groups is 1. The zero-order chi connectivity index (χ0) is 11.4. The van der Waals surface area contributed by atoms with Crippen molar-refractivity contribution in [3.05, 3.63) is 0 Å². The van der Waals surface area contributed by atoms with Gasteiger partial charge < -0.3 is 23.2 Å². The first-order valence-corrected chi connectivity index (χ1v) is 4.39. The zero-order valence-electron chi connectivity index (χ0n) is 8.56. The number of carbonyl (C=O) groups excluding carboxylic acids is 1. The summed E-state index contributed by atoms with van der Waals surface area (Å²) >= 11 is 0. The highest BCUT2D eigenvalue weighted by Crippen LogP contribution is 2.08. The Morgan fingerprint density at radius 3 is 2.29 bits per heavy atom. The first-order valence-electron chi connectivity index (χ1n) is 4.39. The molecule has 0 heterocycles. The Labute approximate surface area is 81.7 Å². The Hall–Kier alpha value is -0.715. The maximum atomic E-state index is 11.9. The SMILES string of the molecule is CC(C)NC(=O)CN(C)C[B-](F)(F)F. The van der Waals surface area contributed by atoms with E-state index in [4.69, 9.17) is 0 Å². The van der Waals surface area contributed by atoms with Crippen LogP contribution in [0, 0.1) is 0 Å². The number of hydrogen-bond acceptors (Lipinski definition) is 2. The van der Waals surface area contributed by atoms with Gasteiger partial charge in [0.25, 0.3) is 0 Å². The number of amides is 1. The van der Waals surface area contributed by atoms with Gasteiger partial charge in [-0.3, -0.25) is 4.79 Å². The molecule has 3 nitrogen and oxygen atoms in total. The summed E-state index contributed by atoms with van der Waals surface area (Å²) in [5, 5.41) is 2.52. The molecule has 0 saturated heterocycles. The molecule has 0 radical (unpaired) electrons. The molecule has 0 aromatic heterocycles. The molecule has 1 N–H and O–H groups in total. The zero-order valence-corrected chi connectivity index (χ0v) is 8.56. The van der Waals surface area contributed by atoms with Crippen LogP contribution in [-0.2, 0) is 4.79 Å². The summed E-state index contributed by atoms with van der Waals surface area (Å²) < 4.78 is 35.7. The summed E-state index contributed by atoms with van der Waals surface area (Å²) in [6.07, 6.45) is -1.01. The molecule has 0 bridgehead atoms.